The van der Waals surface area contributed by atoms with E-state index in [4.69, 9.17) is 5.14 Å². The molecule has 0 bridgehead atoms. The number of fused-ring (bicyclic) bond motifs is 1. The number of halogens is 1. The van der Waals surface area contributed by atoms with Crippen LogP contribution in [0.3, 0.4) is 0 Å². The third kappa shape index (κ3) is 3.05. The standard InChI is InChI=1S/C15H13BrN4O3S/c1-20-13-7-2-9(16)8-12(13)14(15(20)21)19-18-10-3-5-11(6-4-10)24(17,22)23/h2-8,18H,1H3,(H2,17,22,23)/b19-14-. The van der Waals surface area contributed by atoms with E-state index in [-0.39, 0.29) is 16.5 Å². The van der Waals surface area contributed by atoms with Crippen molar-refractivity contribution in [2.75, 3.05) is 17.4 Å². The van der Waals surface area contributed by atoms with Crippen LogP contribution in [0.2, 0.25) is 0 Å². The van der Waals surface area contributed by atoms with Crippen molar-refractivity contribution in [3.63, 3.8) is 0 Å². The molecule has 3 rings (SSSR count). The number of hydrogen-bond acceptors (Lipinski definition) is 5. The first kappa shape index (κ1) is 16.6. The monoisotopic (exact) mass is 408 g/mol. The molecule has 1 aliphatic heterocycles. The Kier molecular flexibility index (Phi) is 4.16. The van der Waals surface area contributed by atoms with Gasteiger partial charge in [0.25, 0.3) is 5.91 Å². The van der Waals surface area contributed by atoms with Crippen molar-refractivity contribution in [1.82, 2.24) is 0 Å². The zero-order chi connectivity index (χ0) is 17.5. The van der Waals surface area contributed by atoms with E-state index in [9.17, 15) is 13.2 Å². The molecule has 2 aromatic rings. The Morgan fingerprint density at radius 3 is 2.46 bits per heavy atom. The number of primary sulfonamides is 1. The summed E-state index contributed by atoms with van der Waals surface area (Å²) in [5.41, 5.74) is 5.07. The first-order valence-corrected chi connectivity index (χ1v) is 9.16. The van der Waals surface area contributed by atoms with E-state index in [1.54, 1.807) is 7.05 Å². The van der Waals surface area contributed by atoms with Gasteiger partial charge in [0.1, 0.15) is 0 Å². The number of likely N-dealkylation sites (N-methyl/N-ethyl adjacent to an activating group) is 1. The van der Waals surface area contributed by atoms with Crippen LogP contribution in [0.5, 0.6) is 0 Å². The minimum atomic E-state index is -3.74. The number of anilines is 2. The van der Waals surface area contributed by atoms with E-state index >= 15 is 0 Å². The van der Waals surface area contributed by atoms with Gasteiger partial charge in [-0.15, -0.1) is 0 Å². The molecule has 0 aromatic heterocycles. The first-order chi connectivity index (χ1) is 11.3. The van der Waals surface area contributed by atoms with Crippen molar-refractivity contribution >= 4 is 48.9 Å². The van der Waals surface area contributed by atoms with Crippen molar-refractivity contribution in [1.29, 1.82) is 0 Å². The molecule has 0 atom stereocenters. The van der Waals surface area contributed by atoms with Gasteiger partial charge in [-0.2, -0.15) is 5.10 Å². The summed E-state index contributed by atoms with van der Waals surface area (Å²) in [7, 11) is -2.06. The lowest BCUT2D eigenvalue weighted by Crippen LogP contribution is -2.26. The normalized spacial score (nSPS) is 15.7. The lowest BCUT2D eigenvalue weighted by atomic mass is 10.1. The van der Waals surface area contributed by atoms with Gasteiger partial charge in [0.2, 0.25) is 10.0 Å². The average Bonchev–Trinajstić information content (AvgIpc) is 2.76. The lowest BCUT2D eigenvalue weighted by Gasteiger charge is -2.08. The molecule has 1 aliphatic rings. The molecule has 9 heteroatoms. The number of carbonyl (C=O) groups excluding carboxylic acids is 1. The van der Waals surface area contributed by atoms with E-state index < -0.39 is 10.0 Å². The number of nitrogens with two attached hydrogens (primary N) is 1. The highest BCUT2D eigenvalue weighted by Crippen LogP contribution is 2.30. The SMILES string of the molecule is CN1C(=O)/C(=N\Nc2ccc(S(N)(=O)=O)cc2)c2cc(Br)ccc21. The number of nitrogens with zero attached hydrogens (tertiary/aromatic N) is 2. The average molecular weight is 409 g/mol. The number of amides is 1. The van der Waals surface area contributed by atoms with Gasteiger partial charge in [-0.1, -0.05) is 15.9 Å². The molecule has 0 saturated carbocycles. The molecule has 2 aromatic carbocycles. The molecule has 24 heavy (non-hydrogen) atoms. The molecule has 0 radical (unpaired) electrons. The van der Waals surface area contributed by atoms with Gasteiger partial charge >= 0.3 is 0 Å². The quantitative estimate of drug-likeness (QED) is 0.756. The Labute approximate surface area is 147 Å². The van der Waals surface area contributed by atoms with Crippen LogP contribution in [-0.2, 0) is 14.8 Å². The smallest absolute Gasteiger partial charge is 0.279 e. The maximum absolute atomic E-state index is 12.3. The summed E-state index contributed by atoms with van der Waals surface area (Å²) in [5.74, 6) is -0.225. The fourth-order valence-corrected chi connectivity index (χ4v) is 3.20. The Bertz CT molecular complexity index is 955. The van der Waals surface area contributed by atoms with E-state index in [1.165, 1.54) is 29.2 Å². The van der Waals surface area contributed by atoms with Crippen molar-refractivity contribution in [2.24, 2.45) is 10.2 Å². The highest BCUT2D eigenvalue weighted by atomic mass is 79.9. The lowest BCUT2D eigenvalue weighted by molar-refractivity contribution is -0.111. The second-order valence-corrected chi connectivity index (χ2v) is 7.64. The van der Waals surface area contributed by atoms with Crippen molar-refractivity contribution in [3.05, 3.63) is 52.5 Å². The third-order valence-corrected chi connectivity index (χ3v) is 4.98. The number of rotatable bonds is 3. The van der Waals surface area contributed by atoms with Crippen LogP contribution in [0, 0.1) is 0 Å². The Morgan fingerprint density at radius 1 is 1.17 bits per heavy atom. The summed E-state index contributed by atoms with van der Waals surface area (Å²) in [5, 5.41) is 9.22. The van der Waals surface area contributed by atoms with Gasteiger partial charge in [0, 0.05) is 17.1 Å². The highest BCUT2D eigenvalue weighted by molar-refractivity contribution is 9.10. The molecular formula is C15H13BrN4O3S. The summed E-state index contributed by atoms with van der Waals surface area (Å²) in [4.78, 5) is 13.9. The van der Waals surface area contributed by atoms with E-state index in [0.717, 1.165) is 10.2 Å². The number of benzene rings is 2. The molecule has 1 heterocycles. The van der Waals surface area contributed by atoms with Crippen LogP contribution in [0.15, 0.2) is 56.9 Å². The van der Waals surface area contributed by atoms with Gasteiger partial charge in [0.05, 0.1) is 16.3 Å². The molecule has 0 fully saturated rings. The maximum Gasteiger partial charge on any atom is 0.279 e. The molecular weight excluding hydrogens is 396 g/mol. The van der Waals surface area contributed by atoms with Crippen LogP contribution in [0.25, 0.3) is 0 Å². The Hall–Kier alpha value is -2.23. The highest BCUT2D eigenvalue weighted by Gasteiger charge is 2.31. The van der Waals surface area contributed by atoms with Gasteiger partial charge in [-0.25, -0.2) is 13.6 Å². The number of hydrazone groups is 1. The topological polar surface area (TPSA) is 105 Å². The minimum absolute atomic E-state index is 0.00616. The summed E-state index contributed by atoms with van der Waals surface area (Å²) in [6.45, 7) is 0. The van der Waals surface area contributed by atoms with Crippen LogP contribution in [-0.4, -0.2) is 27.1 Å². The van der Waals surface area contributed by atoms with Gasteiger partial charge < -0.3 is 4.90 Å². The summed E-state index contributed by atoms with van der Waals surface area (Å²) < 4.78 is 23.3. The second-order valence-electron chi connectivity index (χ2n) is 5.17. The third-order valence-electron chi connectivity index (χ3n) is 3.56. The number of carbonyl (C=O) groups is 1. The molecule has 3 N–H and O–H groups in total. The largest absolute Gasteiger partial charge is 0.309 e. The number of hydrogen-bond donors (Lipinski definition) is 2. The molecule has 1 amide bonds. The van der Waals surface area contributed by atoms with E-state index in [1.807, 2.05) is 18.2 Å². The Morgan fingerprint density at radius 2 is 1.83 bits per heavy atom. The predicted molar refractivity (Wildman–Crippen MR) is 95.5 cm³/mol. The van der Waals surface area contributed by atoms with E-state index in [2.05, 4.69) is 26.5 Å². The fraction of sp³-hybridized carbons (Fsp3) is 0.0667. The molecule has 0 saturated heterocycles. The van der Waals surface area contributed by atoms with E-state index in [0.29, 0.717) is 11.3 Å². The molecule has 7 nitrogen and oxygen atoms in total. The molecule has 0 spiro atoms. The van der Waals surface area contributed by atoms with Crippen LogP contribution in [0.1, 0.15) is 5.56 Å². The molecule has 124 valence electrons. The maximum atomic E-state index is 12.3. The number of sulfonamides is 1. The van der Waals surface area contributed by atoms with Crippen LogP contribution in [0.4, 0.5) is 11.4 Å². The molecule has 0 aliphatic carbocycles. The Balaban J connectivity index is 1.90. The van der Waals surface area contributed by atoms with Crippen molar-refractivity contribution < 1.29 is 13.2 Å². The minimum Gasteiger partial charge on any atom is -0.309 e. The van der Waals surface area contributed by atoms with Gasteiger partial charge in [-0.05, 0) is 42.5 Å². The van der Waals surface area contributed by atoms with Crippen molar-refractivity contribution in [2.45, 2.75) is 4.90 Å². The molecule has 0 unspecified atom stereocenters. The summed E-state index contributed by atoms with van der Waals surface area (Å²) in [6.07, 6.45) is 0. The number of nitrogens with one attached hydrogen (secondary N) is 1. The van der Waals surface area contributed by atoms with Crippen molar-refractivity contribution in [3.8, 4) is 0 Å². The zero-order valence-corrected chi connectivity index (χ0v) is 14.9. The first-order valence-electron chi connectivity index (χ1n) is 6.82. The fourth-order valence-electron chi connectivity index (χ4n) is 2.32. The van der Waals surface area contributed by atoms with Gasteiger partial charge in [-0.3, -0.25) is 10.2 Å². The second kappa shape index (κ2) is 6.00. The zero-order valence-electron chi connectivity index (χ0n) is 12.5. The van der Waals surface area contributed by atoms with Crippen LogP contribution >= 0.6 is 15.9 Å². The summed E-state index contributed by atoms with van der Waals surface area (Å²) >= 11 is 3.38. The summed E-state index contributed by atoms with van der Waals surface area (Å²) in [6, 6.07) is 11.3. The predicted octanol–water partition coefficient (Wildman–Crippen LogP) is 1.89. The van der Waals surface area contributed by atoms with Crippen LogP contribution < -0.4 is 15.5 Å². The van der Waals surface area contributed by atoms with Gasteiger partial charge in [0.15, 0.2) is 5.71 Å².